The number of imidazole rings is 1. The molecule has 51 heavy (non-hydrogen) atoms. The van der Waals surface area contributed by atoms with Gasteiger partial charge in [-0.1, -0.05) is 109 Å². The van der Waals surface area contributed by atoms with Crippen LogP contribution in [0.2, 0.25) is 0 Å². The first-order valence-corrected chi connectivity index (χ1v) is 17.1. The van der Waals surface area contributed by atoms with E-state index in [0.29, 0.717) is 5.56 Å². The predicted molar refractivity (Wildman–Crippen MR) is 211 cm³/mol. The summed E-state index contributed by atoms with van der Waals surface area (Å²) in [6.45, 7) is 13.3. The van der Waals surface area contributed by atoms with Gasteiger partial charge in [-0.15, -0.1) is 71.8 Å². The molecule has 7 rings (SSSR count). The van der Waals surface area contributed by atoms with Gasteiger partial charge in [-0.25, -0.2) is 0 Å². The van der Waals surface area contributed by atoms with Gasteiger partial charge >= 0.3 is 0 Å². The normalized spacial score (nSPS) is 13.2. The first-order chi connectivity index (χ1) is 25.5. The maximum atomic E-state index is 8.80. The summed E-state index contributed by atoms with van der Waals surface area (Å²) in [5.74, 6) is -0.895. The topological polar surface area (TPSA) is 30.7 Å². The summed E-state index contributed by atoms with van der Waals surface area (Å²) in [7, 11) is 0. The number of rotatable bonds is 7. The van der Waals surface area contributed by atoms with Gasteiger partial charge < -0.3 is 9.55 Å². The Hall–Kier alpha value is -4.63. The molecule has 0 N–H and O–H groups in total. The second kappa shape index (κ2) is 16.6. The molecule has 261 valence electrons. The van der Waals surface area contributed by atoms with Crippen LogP contribution in [0, 0.1) is 17.5 Å². The summed E-state index contributed by atoms with van der Waals surface area (Å²) in [6.07, 6.45) is 0.418. The Morgan fingerprint density at radius 3 is 1.90 bits per heavy atom. The third kappa shape index (κ3) is 9.00. The van der Waals surface area contributed by atoms with E-state index < -0.39 is 23.6 Å². The van der Waals surface area contributed by atoms with Crippen molar-refractivity contribution in [3.63, 3.8) is 0 Å². The van der Waals surface area contributed by atoms with Crippen molar-refractivity contribution in [3.05, 3.63) is 162 Å². The van der Waals surface area contributed by atoms with E-state index in [1.54, 1.807) is 6.20 Å². The monoisotopic (exact) mass is 850 g/mol. The summed E-state index contributed by atoms with van der Waals surface area (Å²) in [6, 6.07) is 47.8. The van der Waals surface area contributed by atoms with Gasteiger partial charge in [0.05, 0.1) is 16.9 Å². The minimum Gasteiger partial charge on any atom is -0.333 e. The molecule has 0 aliphatic heterocycles. The van der Waals surface area contributed by atoms with Crippen LogP contribution in [0.25, 0.3) is 50.5 Å². The number of hydrogen-bond donors (Lipinski definition) is 0. The van der Waals surface area contributed by atoms with Crippen LogP contribution in [0.15, 0.2) is 134 Å². The number of benzene rings is 5. The van der Waals surface area contributed by atoms with Crippen molar-refractivity contribution in [2.24, 2.45) is 5.41 Å². The largest absolute Gasteiger partial charge is 0.333 e. The molecule has 0 fully saturated rings. The molecule has 2 heterocycles. The Labute approximate surface area is 323 Å². The molecule has 0 spiro atoms. The molecule has 0 aliphatic rings. The number of nitrogens with zero attached hydrogens (tertiary/aromatic N) is 3. The van der Waals surface area contributed by atoms with Crippen LogP contribution in [0.4, 0.5) is 0 Å². The van der Waals surface area contributed by atoms with Crippen LogP contribution in [0.5, 0.6) is 0 Å². The molecule has 2 aromatic heterocycles. The third-order valence-electron chi connectivity index (χ3n) is 8.33. The molecule has 7 aromatic rings. The number of hydrogen-bond acceptors (Lipinski definition) is 2. The molecule has 0 unspecified atom stereocenters. The van der Waals surface area contributed by atoms with Crippen molar-refractivity contribution in [3.8, 4) is 39.5 Å². The van der Waals surface area contributed by atoms with Crippen LogP contribution in [-0.4, -0.2) is 14.5 Å². The molecular weight excluding hydrogens is 799 g/mol. The van der Waals surface area contributed by atoms with Crippen molar-refractivity contribution in [1.82, 2.24) is 14.5 Å². The second-order valence-electron chi connectivity index (χ2n) is 13.9. The number of para-hydroxylation sites is 3. The minimum absolute atomic E-state index is 0. The Bertz CT molecular complexity index is 2320. The van der Waals surface area contributed by atoms with Gasteiger partial charge in [-0.2, -0.15) is 0 Å². The van der Waals surface area contributed by atoms with E-state index in [4.69, 9.17) is 10.5 Å². The summed E-state index contributed by atoms with van der Waals surface area (Å²) in [5, 5.41) is 0. The van der Waals surface area contributed by atoms with Gasteiger partial charge in [0.15, 0.2) is 0 Å². The standard InChI is InChI=1S/C25H25N2.C22H22N.Ir/c1-17(2)20-13-10-14-21(18(3)4)24(20)27-23-16-9-8-15-22(23)26-25(27)19-11-6-5-7-12-19;1-22(2,3)16-17-9-11-18(12-10-17)20-13-14-23-21(15-20)19-7-5-4-6-8-19;/h5-11,13-18H,1-4H3;4-7,9-15H,16H2,1-3H3;/q2*-1;/i17D,18D;16D2;. The molecule has 0 aliphatic carbocycles. The molecule has 0 saturated heterocycles. The fourth-order valence-corrected chi connectivity index (χ4v) is 6.05. The van der Waals surface area contributed by atoms with Crippen molar-refractivity contribution < 1.29 is 25.6 Å². The van der Waals surface area contributed by atoms with E-state index in [1.807, 2.05) is 176 Å². The van der Waals surface area contributed by atoms with Crippen LogP contribution >= 0.6 is 0 Å². The number of aromatic nitrogens is 3. The quantitative estimate of drug-likeness (QED) is 0.150. The van der Waals surface area contributed by atoms with Crippen LogP contribution in [-0.2, 0) is 26.5 Å². The number of pyridine rings is 1. The van der Waals surface area contributed by atoms with Gasteiger partial charge in [-0.3, -0.25) is 4.98 Å². The zero-order valence-electron chi connectivity index (χ0n) is 34.4. The molecule has 4 heteroatoms. The van der Waals surface area contributed by atoms with Crippen LogP contribution in [0.3, 0.4) is 0 Å². The molecular formula is C47H47IrN3-2. The van der Waals surface area contributed by atoms with E-state index in [2.05, 4.69) is 21.7 Å². The first kappa shape index (κ1) is 32.3. The van der Waals surface area contributed by atoms with Gasteiger partial charge in [0.25, 0.3) is 0 Å². The predicted octanol–water partition coefficient (Wildman–Crippen LogP) is 12.5. The Kier molecular flexibility index (Phi) is 10.5. The Morgan fingerprint density at radius 1 is 0.706 bits per heavy atom. The van der Waals surface area contributed by atoms with Crippen LogP contribution in [0.1, 0.15) is 82.4 Å². The maximum Gasteiger partial charge on any atom is 0.0774 e. The van der Waals surface area contributed by atoms with E-state index in [0.717, 1.165) is 61.6 Å². The molecule has 3 nitrogen and oxygen atoms in total. The van der Waals surface area contributed by atoms with Gasteiger partial charge in [0, 0.05) is 37.5 Å². The summed E-state index contributed by atoms with van der Waals surface area (Å²) in [5.41, 5.74) is 9.54. The van der Waals surface area contributed by atoms with E-state index in [9.17, 15) is 0 Å². The first-order valence-electron chi connectivity index (χ1n) is 19.1. The second-order valence-corrected chi connectivity index (χ2v) is 13.9. The van der Waals surface area contributed by atoms with Gasteiger partial charge in [0.1, 0.15) is 0 Å². The average Bonchev–Trinajstić information content (AvgIpc) is 3.54. The molecule has 0 amide bonds. The summed E-state index contributed by atoms with van der Waals surface area (Å²) >= 11 is 0. The molecule has 0 bridgehead atoms. The fraction of sp³-hybridized carbons (Fsp3) is 0.234. The van der Waals surface area contributed by atoms with Crippen LogP contribution < -0.4 is 0 Å². The Balaban J connectivity index is 0.000000210. The number of fused-ring (bicyclic) bond motifs is 1. The minimum atomic E-state index is -1.38. The van der Waals surface area contributed by atoms with E-state index in [1.165, 1.54) is 0 Å². The molecule has 1 radical (unpaired) electrons. The molecule has 5 aromatic carbocycles. The van der Waals surface area contributed by atoms with Crippen molar-refractivity contribution in [2.75, 3.05) is 0 Å². The van der Waals surface area contributed by atoms with E-state index >= 15 is 0 Å². The van der Waals surface area contributed by atoms with Crippen molar-refractivity contribution in [1.29, 1.82) is 0 Å². The molecule has 0 atom stereocenters. The zero-order chi connectivity index (χ0) is 38.9. The van der Waals surface area contributed by atoms with Crippen molar-refractivity contribution >= 4 is 11.0 Å². The average molecular weight is 850 g/mol. The van der Waals surface area contributed by atoms with Gasteiger partial charge in [0.2, 0.25) is 0 Å². The maximum absolute atomic E-state index is 8.80. The fourth-order valence-electron chi connectivity index (χ4n) is 6.05. The SMILES string of the molecule is [2H]C(C)(C)c1cccc(C([2H])(C)C)c1-n1c(-c2[c-]cccc2)nc2ccccc21.[2H]C([2H])(c1ccc(-c2ccnc(-c3[c-]cccc3)c2)cc1)C(C)(C)C.[Ir]. The van der Waals surface area contributed by atoms with Gasteiger partial charge in [-0.05, 0) is 75.3 Å². The summed E-state index contributed by atoms with van der Waals surface area (Å²) < 4.78 is 36.5. The van der Waals surface area contributed by atoms with E-state index in [-0.39, 0.29) is 20.1 Å². The molecule has 0 saturated carbocycles. The summed E-state index contributed by atoms with van der Waals surface area (Å²) in [4.78, 5) is 9.35. The van der Waals surface area contributed by atoms with Crippen molar-refractivity contribution in [2.45, 2.75) is 66.6 Å². The third-order valence-corrected chi connectivity index (χ3v) is 8.33. The zero-order valence-corrected chi connectivity index (χ0v) is 32.8. The Morgan fingerprint density at radius 2 is 1.31 bits per heavy atom. The smallest absolute Gasteiger partial charge is 0.0774 e.